The Morgan fingerprint density at radius 1 is 1.20 bits per heavy atom. The largest absolute Gasteiger partial charge is 0.465 e. The van der Waals surface area contributed by atoms with Gasteiger partial charge < -0.3 is 10.0 Å². The maximum atomic E-state index is 11.3. The summed E-state index contributed by atoms with van der Waals surface area (Å²) in [5.74, 6) is 0.542. The van der Waals surface area contributed by atoms with Crippen LogP contribution in [-0.2, 0) is 6.42 Å². The monoisotopic (exact) mass is 313 g/mol. The molecular formula is C15H17Cl2NO2. The van der Waals surface area contributed by atoms with E-state index >= 15 is 0 Å². The van der Waals surface area contributed by atoms with E-state index in [0.29, 0.717) is 16.0 Å². The first-order valence-electron chi connectivity index (χ1n) is 7.00. The van der Waals surface area contributed by atoms with Gasteiger partial charge in [-0.15, -0.1) is 0 Å². The predicted molar refractivity (Wildman–Crippen MR) is 79.6 cm³/mol. The van der Waals surface area contributed by atoms with Crippen LogP contribution < -0.4 is 0 Å². The van der Waals surface area contributed by atoms with Crippen LogP contribution in [0.15, 0.2) is 18.2 Å². The molecule has 20 heavy (non-hydrogen) atoms. The molecule has 1 amide bonds. The molecule has 1 N–H and O–H groups in total. The molecule has 5 heteroatoms. The number of nitrogens with zero attached hydrogens (tertiary/aromatic N) is 1. The molecule has 108 valence electrons. The number of carboxylic acid groups (broad SMARTS) is 1. The highest BCUT2D eigenvalue weighted by Gasteiger charge is 2.43. The Morgan fingerprint density at radius 2 is 1.85 bits per heavy atom. The number of hydrogen-bond donors (Lipinski definition) is 1. The van der Waals surface area contributed by atoms with Gasteiger partial charge in [-0.3, -0.25) is 0 Å². The molecule has 0 aromatic heterocycles. The lowest BCUT2D eigenvalue weighted by Gasteiger charge is -2.37. The number of halogens is 2. The van der Waals surface area contributed by atoms with Gasteiger partial charge in [0.15, 0.2) is 0 Å². The quantitative estimate of drug-likeness (QED) is 0.875. The molecule has 3 nitrogen and oxygen atoms in total. The van der Waals surface area contributed by atoms with Gasteiger partial charge in [0.2, 0.25) is 0 Å². The third-order valence-corrected chi connectivity index (χ3v) is 5.30. The van der Waals surface area contributed by atoms with Crippen LogP contribution in [0.1, 0.15) is 31.2 Å². The van der Waals surface area contributed by atoms with Gasteiger partial charge in [-0.2, -0.15) is 0 Å². The van der Waals surface area contributed by atoms with Gasteiger partial charge in [-0.1, -0.05) is 29.3 Å². The van der Waals surface area contributed by atoms with E-state index in [0.717, 1.165) is 32.1 Å². The van der Waals surface area contributed by atoms with Gasteiger partial charge in [-0.05, 0) is 55.7 Å². The molecule has 3 rings (SSSR count). The molecule has 2 fully saturated rings. The van der Waals surface area contributed by atoms with Crippen molar-refractivity contribution in [2.45, 2.75) is 44.2 Å². The van der Waals surface area contributed by atoms with Gasteiger partial charge in [0, 0.05) is 12.1 Å². The van der Waals surface area contributed by atoms with Crippen molar-refractivity contribution in [3.05, 3.63) is 33.8 Å². The molecule has 1 aromatic carbocycles. The molecule has 2 bridgehead atoms. The zero-order valence-corrected chi connectivity index (χ0v) is 12.6. The molecular weight excluding hydrogens is 297 g/mol. The smallest absolute Gasteiger partial charge is 0.407 e. The Morgan fingerprint density at radius 3 is 2.40 bits per heavy atom. The van der Waals surface area contributed by atoms with Gasteiger partial charge in [0.25, 0.3) is 0 Å². The van der Waals surface area contributed by atoms with Crippen molar-refractivity contribution < 1.29 is 9.90 Å². The summed E-state index contributed by atoms with van der Waals surface area (Å²) in [5.41, 5.74) is 1.19. The minimum atomic E-state index is -0.759. The Labute approximate surface area is 128 Å². The van der Waals surface area contributed by atoms with Gasteiger partial charge in [0.1, 0.15) is 0 Å². The molecule has 0 spiro atoms. The fourth-order valence-corrected chi connectivity index (χ4v) is 4.09. The van der Waals surface area contributed by atoms with E-state index in [1.807, 2.05) is 18.2 Å². The number of carbonyl (C=O) groups is 1. The average Bonchev–Trinajstić information content (AvgIpc) is 2.66. The number of rotatable bonds is 2. The average molecular weight is 314 g/mol. The maximum Gasteiger partial charge on any atom is 0.407 e. The lowest BCUT2D eigenvalue weighted by atomic mass is 9.86. The molecule has 2 heterocycles. The lowest BCUT2D eigenvalue weighted by Crippen LogP contribution is -2.46. The summed E-state index contributed by atoms with van der Waals surface area (Å²) >= 11 is 12.0. The molecule has 2 atom stereocenters. The van der Waals surface area contributed by atoms with E-state index in [1.165, 1.54) is 5.56 Å². The number of fused-ring (bicyclic) bond motifs is 2. The Kier molecular flexibility index (Phi) is 3.83. The number of piperidine rings is 1. The second kappa shape index (κ2) is 5.45. The first-order chi connectivity index (χ1) is 9.54. The zero-order valence-electron chi connectivity index (χ0n) is 11.1. The summed E-state index contributed by atoms with van der Waals surface area (Å²) in [4.78, 5) is 12.9. The van der Waals surface area contributed by atoms with E-state index in [-0.39, 0.29) is 12.1 Å². The van der Waals surface area contributed by atoms with Gasteiger partial charge in [0.05, 0.1) is 10.0 Å². The summed E-state index contributed by atoms with van der Waals surface area (Å²) in [7, 11) is 0. The van der Waals surface area contributed by atoms with Crippen molar-refractivity contribution in [3.63, 3.8) is 0 Å². The van der Waals surface area contributed by atoms with Gasteiger partial charge >= 0.3 is 6.09 Å². The number of amides is 1. The Balaban J connectivity index is 1.69. The van der Waals surface area contributed by atoms with Crippen LogP contribution in [0.4, 0.5) is 4.79 Å². The third-order valence-electron chi connectivity index (χ3n) is 4.56. The Hall–Kier alpha value is -0.930. The minimum absolute atomic E-state index is 0.207. The van der Waals surface area contributed by atoms with Crippen LogP contribution in [0.25, 0.3) is 0 Å². The van der Waals surface area contributed by atoms with Crippen molar-refractivity contribution in [2.24, 2.45) is 5.92 Å². The zero-order chi connectivity index (χ0) is 14.3. The number of benzene rings is 1. The van der Waals surface area contributed by atoms with Gasteiger partial charge in [-0.25, -0.2) is 4.79 Å². The van der Waals surface area contributed by atoms with Crippen LogP contribution in [0, 0.1) is 5.92 Å². The molecule has 0 saturated carbocycles. The highest BCUT2D eigenvalue weighted by atomic mass is 35.5. The van der Waals surface area contributed by atoms with Crippen LogP contribution in [0.3, 0.4) is 0 Å². The fourth-order valence-electron chi connectivity index (χ4n) is 3.77. The van der Waals surface area contributed by atoms with E-state index in [2.05, 4.69) is 0 Å². The second-order valence-corrected chi connectivity index (χ2v) is 6.68. The standard InChI is InChI=1S/C15H17Cl2NO2/c16-13-4-1-9(8-14(13)17)5-10-6-11-2-3-12(7-10)18(11)15(19)20/h1,4,8,10-12H,2-3,5-7H2,(H,19,20). The highest BCUT2D eigenvalue weighted by Crippen LogP contribution is 2.40. The molecule has 2 saturated heterocycles. The summed E-state index contributed by atoms with van der Waals surface area (Å²) in [6.07, 6.45) is 4.14. The lowest BCUT2D eigenvalue weighted by molar-refractivity contribution is 0.0850. The van der Waals surface area contributed by atoms with Crippen LogP contribution in [0.2, 0.25) is 10.0 Å². The highest BCUT2D eigenvalue weighted by molar-refractivity contribution is 6.42. The van der Waals surface area contributed by atoms with Crippen molar-refractivity contribution in [2.75, 3.05) is 0 Å². The van der Waals surface area contributed by atoms with Crippen LogP contribution >= 0.6 is 23.2 Å². The van der Waals surface area contributed by atoms with E-state index < -0.39 is 6.09 Å². The van der Waals surface area contributed by atoms with Crippen LogP contribution in [0.5, 0.6) is 0 Å². The molecule has 2 unspecified atom stereocenters. The molecule has 1 aromatic rings. The molecule has 0 aliphatic carbocycles. The third kappa shape index (κ3) is 2.61. The van der Waals surface area contributed by atoms with Crippen molar-refractivity contribution in [3.8, 4) is 0 Å². The first kappa shape index (κ1) is 14.0. The summed E-state index contributed by atoms with van der Waals surface area (Å²) in [6, 6.07) is 6.19. The summed E-state index contributed by atoms with van der Waals surface area (Å²) in [5, 5.41) is 10.4. The Bertz CT molecular complexity index is 521. The topological polar surface area (TPSA) is 40.5 Å². The second-order valence-electron chi connectivity index (χ2n) is 5.86. The summed E-state index contributed by atoms with van der Waals surface area (Å²) in [6.45, 7) is 0. The molecule has 0 radical (unpaired) electrons. The predicted octanol–water partition coefficient (Wildman–Crippen LogP) is 4.46. The minimum Gasteiger partial charge on any atom is -0.465 e. The summed E-state index contributed by atoms with van der Waals surface area (Å²) < 4.78 is 0. The fraction of sp³-hybridized carbons (Fsp3) is 0.533. The van der Waals surface area contributed by atoms with E-state index in [1.54, 1.807) is 4.90 Å². The maximum absolute atomic E-state index is 11.3. The van der Waals surface area contributed by atoms with Crippen molar-refractivity contribution in [1.82, 2.24) is 4.90 Å². The van der Waals surface area contributed by atoms with Crippen molar-refractivity contribution in [1.29, 1.82) is 0 Å². The normalized spacial score (nSPS) is 28.7. The SMILES string of the molecule is O=C(O)N1C2CCC1CC(Cc1ccc(Cl)c(Cl)c1)C2. The van der Waals surface area contributed by atoms with E-state index in [4.69, 9.17) is 23.2 Å². The number of hydrogen-bond acceptors (Lipinski definition) is 1. The van der Waals surface area contributed by atoms with E-state index in [9.17, 15) is 9.90 Å². The first-order valence-corrected chi connectivity index (χ1v) is 7.75. The van der Waals surface area contributed by atoms with Crippen LogP contribution in [-0.4, -0.2) is 28.2 Å². The van der Waals surface area contributed by atoms with Crippen molar-refractivity contribution >= 4 is 29.3 Å². The molecule has 2 aliphatic heterocycles. The molecule has 2 aliphatic rings.